The third-order valence-electron chi connectivity index (χ3n) is 5.99. The summed E-state index contributed by atoms with van der Waals surface area (Å²) in [5.41, 5.74) is 5.65. The molecule has 0 spiro atoms. The molecule has 39 heavy (non-hydrogen) atoms. The molecule has 0 aliphatic heterocycles. The lowest BCUT2D eigenvalue weighted by molar-refractivity contribution is 0.0523. The Hall–Kier alpha value is -3.58. The molecule has 0 unspecified atom stereocenters. The van der Waals surface area contributed by atoms with Crippen molar-refractivity contribution in [2.24, 2.45) is 5.92 Å². The summed E-state index contributed by atoms with van der Waals surface area (Å²) in [6.07, 6.45) is 0.200. The van der Waals surface area contributed by atoms with E-state index in [9.17, 15) is 14.7 Å². The highest BCUT2D eigenvalue weighted by molar-refractivity contribution is 6.31. The number of hydrogen-bond donors (Lipinski definition) is 2. The number of aryl methyl sites for hydroxylation is 2. The molecular formula is C31H37ClN2O5. The zero-order valence-electron chi connectivity index (χ0n) is 23.6. The van der Waals surface area contributed by atoms with Crippen LogP contribution < -0.4 is 10.1 Å². The molecule has 8 heteroatoms. The lowest BCUT2D eigenvalue weighted by atomic mass is 9.90. The van der Waals surface area contributed by atoms with E-state index >= 15 is 0 Å². The molecule has 2 N–H and O–H groups in total. The maximum atomic E-state index is 12.6. The molecule has 0 aliphatic rings. The van der Waals surface area contributed by atoms with Gasteiger partial charge in [-0.25, -0.2) is 9.59 Å². The summed E-state index contributed by atoms with van der Waals surface area (Å²) in [7, 11) is 0. The number of nitrogens with zero attached hydrogens (tertiary/aromatic N) is 1. The summed E-state index contributed by atoms with van der Waals surface area (Å²) in [5, 5.41) is 12.9. The number of alkyl carbamates (subject to hydrolysis) is 1. The Morgan fingerprint density at radius 2 is 1.72 bits per heavy atom. The number of carboxylic acids is 1. The number of aromatic carboxylic acids is 1. The molecule has 1 aromatic heterocycles. The number of nitrogens with one attached hydrogen (secondary N) is 1. The van der Waals surface area contributed by atoms with Gasteiger partial charge in [0.15, 0.2) is 0 Å². The fourth-order valence-corrected chi connectivity index (χ4v) is 4.43. The number of carbonyl (C=O) groups is 2. The van der Waals surface area contributed by atoms with Crippen LogP contribution in [0.1, 0.15) is 73.1 Å². The van der Waals surface area contributed by atoms with E-state index < -0.39 is 17.7 Å². The number of pyridine rings is 1. The van der Waals surface area contributed by atoms with Crippen molar-refractivity contribution in [3.8, 4) is 16.9 Å². The van der Waals surface area contributed by atoms with E-state index in [0.29, 0.717) is 17.4 Å². The average Bonchev–Trinajstić information content (AvgIpc) is 2.82. The van der Waals surface area contributed by atoms with Crippen molar-refractivity contribution in [1.82, 2.24) is 10.3 Å². The van der Waals surface area contributed by atoms with Crippen LogP contribution in [0.4, 0.5) is 4.79 Å². The van der Waals surface area contributed by atoms with Crippen LogP contribution in [-0.2, 0) is 24.3 Å². The number of ether oxygens (including phenoxy) is 2. The topological polar surface area (TPSA) is 97.8 Å². The van der Waals surface area contributed by atoms with Gasteiger partial charge in [-0.2, -0.15) is 0 Å². The number of aromatic nitrogens is 1. The first-order valence-electron chi connectivity index (χ1n) is 13.0. The molecule has 2 aromatic carbocycles. The van der Waals surface area contributed by atoms with Crippen LogP contribution in [0.15, 0.2) is 42.5 Å². The Labute approximate surface area is 235 Å². The summed E-state index contributed by atoms with van der Waals surface area (Å²) in [6, 6.07) is 12.7. The molecule has 7 nitrogen and oxygen atoms in total. The van der Waals surface area contributed by atoms with Gasteiger partial charge in [0.2, 0.25) is 0 Å². The summed E-state index contributed by atoms with van der Waals surface area (Å²) in [4.78, 5) is 29.4. The van der Waals surface area contributed by atoms with Gasteiger partial charge in [0.05, 0.1) is 0 Å². The van der Waals surface area contributed by atoms with Crippen LogP contribution in [0.25, 0.3) is 11.1 Å². The minimum absolute atomic E-state index is 0.0201. The van der Waals surface area contributed by atoms with Gasteiger partial charge in [-0.05, 0) is 76.3 Å². The molecular weight excluding hydrogens is 516 g/mol. The standard InChI is InChI=1S/C31H37ClN2O5/c1-18(2)14-26-24(16-33-30(37)39-31(5,6)7)28(21-10-8-19(3)9-11-21)25(20(4)34-26)17-38-27-13-12-22(32)15-23(27)29(35)36/h8-13,15,18H,14,16-17H2,1-7H3,(H,33,37)(H,35,36). The Morgan fingerprint density at radius 1 is 1.05 bits per heavy atom. The van der Waals surface area contributed by atoms with Crippen LogP contribution in [-0.4, -0.2) is 27.8 Å². The van der Waals surface area contributed by atoms with Crippen molar-refractivity contribution < 1.29 is 24.2 Å². The first-order chi connectivity index (χ1) is 18.2. The summed E-state index contributed by atoms with van der Waals surface area (Å²) < 4.78 is 11.6. The number of benzene rings is 2. The van der Waals surface area contributed by atoms with Crippen molar-refractivity contribution in [3.63, 3.8) is 0 Å². The second-order valence-electron chi connectivity index (χ2n) is 11.0. The lowest BCUT2D eigenvalue weighted by Gasteiger charge is -2.24. The normalized spacial score (nSPS) is 11.4. The molecule has 1 amide bonds. The van der Waals surface area contributed by atoms with Crippen LogP contribution in [0, 0.1) is 19.8 Å². The zero-order valence-corrected chi connectivity index (χ0v) is 24.4. The summed E-state index contributed by atoms with van der Waals surface area (Å²) in [5.74, 6) is -0.589. The Kier molecular flexibility index (Phi) is 9.62. The maximum Gasteiger partial charge on any atom is 0.407 e. The van der Waals surface area contributed by atoms with E-state index in [-0.39, 0.29) is 24.5 Å². The number of carboxylic acid groups (broad SMARTS) is 1. The van der Waals surface area contributed by atoms with E-state index in [4.69, 9.17) is 26.1 Å². The lowest BCUT2D eigenvalue weighted by Crippen LogP contribution is -2.32. The second kappa shape index (κ2) is 12.5. The predicted octanol–water partition coefficient (Wildman–Crippen LogP) is 7.52. The smallest absolute Gasteiger partial charge is 0.407 e. The molecule has 0 aliphatic carbocycles. The van der Waals surface area contributed by atoms with Crippen molar-refractivity contribution in [1.29, 1.82) is 0 Å². The number of hydrogen-bond acceptors (Lipinski definition) is 5. The van der Waals surface area contributed by atoms with Gasteiger partial charge in [-0.15, -0.1) is 0 Å². The number of halogens is 1. The molecule has 0 radical (unpaired) electrons. The maximum absolute atomic E-state index is 12.6. The fourth-order valence-electron chi connectivity index (χ4n) is 4.26. The summed E-state index contributed by atoms with van der Waals surface area (Å²) >= 11 is 6.03. The fraction of sp³-hybridized carbons (Fsp3) is 0.387. The highest BCUT2D eigenvalue weighted by Gasteiger charge is 2.23. The van der Waals surface area contributed by atoms with E-state index in [1.54, 1.807) is 12.1 Å². The van der Waals surface area contributed by atoms with Gasteiger partial charge < -0.3 is 19.9 Å². The van der Waals surface area contributed by atoms with Gasteiger partial charge in [0.25, 0.3) is 0 Å². The first kappa shape index (κ1) is 30.0. The Balaban J connectivity index is 2.14. The molecule has 0 fully saturated rings. The number of amides is 1. The highest BCUT2D eigenvalue weighted by atomic mass is 35.5. The first-order valence-corrected chi connectivity index (χ1v) is 13.3. The van der Waals surface area contributed by atoms with E-state index in [0.717, 1.165) is 39.2 Å². The Bertz CT molecular complexity index is 1340. The van der Waals surface area contributed by atoms with Crippen molar-refractivity contribution in [3.05, 3.63) is 81.1 Å². The van der Waals surface area contributed by atoms with Gasteiger partial charge in [0, 0.05) is 34.1 Å². The molecule has 0 saturated carbocycles. The molecule has 208 valence electrons. The Morgan fingerprint density at radius 3 is 2.31 bits per heavy atom. The van der Waals surface area contributed by atoms with E-state index in [1.807, 2.05) is 58.9 Å². The zero-order chi connectivity index (χ0) is 28.9. The van der Waals surface area contributed by atoms with Crippen molar-refractivity contribution in [2.75, 3.05) is 0 Å². The molecule has 1 heterocycles. The van der Waals surface area contributed by atoms with Gasteiger partial charge in [0.1, 0.15) is 23.5 Å². The monoisotopic (exact) mass is 552 g/mol. The van der Waals surface area contributed by atoms with Gasteiger partial charge >= 0.3 is 12.1 Å². The molecule has 3 aromatic rings. The van der Waals surface area contributed by atoms with Gasteiger partial charge in [-0.1, -0.05) is 55.3 Å². The molecule has 0 bridgehead atoms. The molecule has 3 rings (SSSR count). The van der Waals surface area contributed by atoms with Crippen molar-refractivity contribution >= 4 is 23.7 Å². The molecule has 0 saturated heterocycles. The number of rotatable bonds is 9. The van der Waals surface area contributed by atoms with E-state index in [1.165, 1.54) is 6.07 Å². The SMILES string of the molecule is Cc1ccc(-c2c(COc3ccc(Cl)cc3C(=O)O)c(C)nc(CC(C)C)c2CNC(=O)OC(C)(C)C)cc1. The van der Waals surface area contributed by atoms with Crippen LogP contribution >= 0.6 is 11.6 Å². The van der Waals surface area contributed by atoms with Crippen LogP contribution in [0.3, 0.4) is 0 Å². The summed E-state index contributed by atoms with van der Waals surface area (Å²) in [6.45, 7) is 13.9. The quantitative estimate of drug-likeness (QED) is 0.285. The largest absolute Gasteiger partial charge is 0.488 e. The third kappa shape index (κ3) is 8.20. The minimum atomic E-state index is -1.13. The predicted molar refractivity (Wildman–Crippen MR) is 154 cm³/mol. The molecule has 0 atom stereocenters. The second-order valence-corrected chi connectivity index (χ2v) is 11.5. The average molecular weight is 553 g/mol. The number of carbonyl (C=O) groups excluding carboxylic acids is 1. The minimum Gasteiger partial charge on any atom is -0.488 e. The van der Waals surface area contributed by atoms with Crippen molar-refractivity contribution in [2.45, 2.75) is 73.6 Å². The van der Waals surface area contributed by atoms with E-state index in [2.05, 4.69) is 19.2 Å². The highest BCUT2D eigenvalue weighted by Crippen LogP contribution is 2.34. The van der Waals surface area contributed by atoms with Crippen LogP contribution in [0.2, 0.25) is 5.02 Å². The van der Waals surface area contributed by atoms with Crippen LogP contribution in [0.5, 0.6) is 5.75 Å². The third-order valence-corrected chi connectivity index (χ3v) is 6.22. The van der Waals surface area contributed by atoms with Gasteiger partial charge in [-0.3, -0.25) is 4.98 Å².